The van der Waals surface area contributed by atoms with Crippen LogP contribution < -0.4 is 9.62 Å². The van der Waals surface area contributed by atoms with Crippen LogP contribution in [0.2, 0.25) is 0 Å². The summed E-state index contributed by atoms with van der Waals surface area (Å²) in [7, 11) is -2.22. The van der Waals surface area contributed by atoms with Gasteiger partial charge in [-0.05, 0) is 42.0 Å². The van der Waals surface area contributed by atoms with Gasteiger partial charge in [-0.1, -0.05) is 48.5 Å². The smallest absolute Gasteiger partial charge is 0.264 e. The molecule has 0 spiro atoms. The highest BCUT2D eigenvalue weighted by Gasteiger charge is 2.23. The summed E-state index contributed by atoms with van der Waals surface area (Å²) in [5.74, 6) is -0.248. The number of carbonyl (C=O) groups excluding carboxylic acids is 1. The van der Waals surface area contributed by atoms with Gasteiger partial charge in [-0.2, -0.15) is 0 Å². The molecule has 1 N–H and O–H groups in total. The second kappa shape index (κ2) is 10.8. The van der Waals surface area contributed by atoms with Gasteiger partial charge >= 0.3 is 0 Å². The lowest BCUT2D eigenvalue weighted by Gasteiger charge is -2.31. The molecule has 0 radical (unpaired) electrons. The molecule has 0 bridgehead atoms. The van der Waals surface area contributed by atoms with Gasteiger partial charge in [0, 0.05) is 32.2 Å². The third-order valence-corrected chi connectivity index (χ3v) is 7.75. The van der Waals surface area contributed by atoms with E-state index in [0.29, 0.717) is 31.0 Å². The first-order chi connectivity index (χ1) is 16.4. The predicted molar refractivity (Wildman–Crippen MR) is 132 cm³/mol. The summed E-state index contributed by atoms with van der Waals surface area (Å²) in [6.07, 6.45) is 0. The average molecular weight is 480 g/mol. The fourth-order valence-corrected chi connectivity index (χ4v) is 5.11. The van der Waals surface area contributed by atoms with Crippen molar-refractivity contribution < 1.29 is 17.9 Å². The zero-order chi connectivity index (χ0) is 24.0. The van der Waals surface area contributed by atoms with E-state index in [1.54, 1.807) is 36.4 Å². The molecule has 4 rings (SSSR count). The average Bonchev–Trinajstić information content (AvgIpc) is 2.89. The van der Waals surface area contributed by atoms with E-state index in [1.165, 1.54) is 23.5 Å². The number of sulfonamides is 1. The van der Waals surface area contributed by atoms with Crippen molar-refractivity contribution in [2.45, 2.75) is 10.9 Å². The van der Waals surface area contributed by atoms with Crippen LogP contribution >= 0.6 is 0 Å². The molecule has 3 aromatic rings. The normalized spacial score (nSPS) is 15.4. The maximum atomic E-state index is 13.1. The Balaban J connectivity index is 1.49. The van der Waals surface area contributed by atoms with Gasteiger partial charge < -0.3 is 10.1 Å². The first-order valence-electron chi connectivity index (χ1n) is 11.2. The molecule has 1 saturated heterocycles. The van der Waals surface area contributed by atoms with Crippen molar-refractivity contribution in [1.82, 2.24) is 10.2 Å². The monoisotopic (exact) mass is 479 g/mol. The minimum atomic E-state index is -3.74. The Hall–Kier alpha value is -3.20. The van der Waals surface area contributed by atoms with Crippen LogP contribution in [-0.4, -0.2) is 59.1 Å². The molecule has 1 aliphatic heterocycles. The van der Waals surface area contributed by atoms with Crippen LogP contribution in [0.15, 0.2) is 89.8 Å². The number of benzene rings is 3. The summed E-state index contributed by atoms with van der Waals surface area (Å²) in [6.45, 7) is 3.68. The fourth-order valence-electron chi connectivity index (χ4n) is 3.92. The zero-order valence-corrected chi connectivity index (χ0v) is 19.9. The molecule has 1 fully saturated rings. The molecule has 7 nitrogen and oxygen atoms in total. The Kier molecular flexibility index (Phi) is 7.62. The lowest BCUT2D eigenvalue weighted by molar-refractivity contribution is 0.0332. The van der Waals surface area contributed by atoms with Gasteiger partial charge in [0.2, 0.25) is 0 Å². The van der Waals surface area contributed by atoms with Crippen molar-refractivity contribution in [3.63, 3.8) is 0 Å². The molecule has 1 amide bonds. The second-order valence-electron chi connectivity index (χ2n) is 8.18. The summed E-state index contributed by atoms with van der Waals surface area (Å²) >= 11 is 0. The first kappa shape index (κ1) is 23.9. The number of anilines is 1. The van der Waals surface area contributed by atoms with Gasteiger partial charge in [0.1, 0.15) is 0 Å². The summed E-state index contributed by atoms with van der Waals surface area (Å²) < 4.78 is 32.7. The van der Waals surface area contributed by atoms with E-state index in [2.05, 4.69) is 10.2 Å². The molecule has 3 aromatic carbocycles. The molecule has 1 atom stereocenters. The van der Waals surface area contributed by atoms with E-state index < -0.39 is 10.0 Å². The van der Waals surface area contributed by atoms with E-state index >= 15 is 0 Å². The zero-order valence-electron chi connectivity index (χ0n) is 19.1. The maximum Gasteiger partial charge on any atom is 0.264 e. The number of ether oxygens (including phenoxy) is 1. The minimum absolute atomic E-state index is 0.128. The van der Waals surface area contributed by atoms with E-state index in [1.807, 2.05) is 36.4 Å². The SMILES string of the molecule is CN(c1ccccc1)S(=O)(=O)c1ccc(C(=O)NC(CN2CCOCC2)c2ccccc2)cc1. The van der Waals surface area contributed by atoms with Gasteiger partial charge in [0.15, 0.2) is 0 Å². The number of nitrogens with one attached hydrogen (secondary N) is 1. The quantitative estimate of drug-likeness (QED) is 0.536. The molecule has 0 aromatic heterocycles. The van der Waals surface area contributed by atoms with Crippen molar-refractivity contribution in [2.75, 3.05) is 44.2 Å². The molecule has 178 valence electrons. The third kappa shape index (κ3) is 5.64. The van der Waals surface area contributed by atoms with Crippen LogP contribution in [0.5, 0.6) is 0 Å². The van der Waals surface area contributed by atoms with E-state index in [0.717, 1.165) is 18.7 Å². The third-order valence-electron chi connectivity index (χ3n) is 5.95. The Morgan fingerprint density at radius 2 is 1.53 bits per heavy atom. The Morgan fingerprint density at radius 3 is 2.15 bits per heavy atom. The molecule has 8 heteroatoms. The molecule has 0 aliphatic carbocycles. The largest absolute Gasteiger partial charge is 0.379 e. The molecule has 0 saturated carbocycles. The van der Waals surface area contributed by atoms with E-state index in [9.17, 15) is 13.2 Å². The molecule has 1 aliphatic rings. The number of morpholine rings is 1. The van der Waals surface area contributed by atoms with Crippen LogP contribution in [0.4, 0.5) is 5.69 Å². The van der Waals surface area contributed by atoms with Crippen molar-refractivity contribution in [3.05, 3.63) is 96.1 Å². The number of nitrogens with zero attached hydrogens (tertiary/aromatic N) is 2. The number of hydrogen-bond acceptors (Lipinski definition) is 5. The summed E-state index contributed by atoms with van der Waals surface area (Å²) in [6, 6.07) is 24.6. The maximum absolute atomic E-state index is 13.1. The van der Waals surface area contributed by atoms with Gasteiger partial charge in [-0.25, -0.2) is 8.42 Å². The molecular formula is C26H29N3O4S. The summed E-state index contributed by atoms with van der Waals surface area (Å²) in [5, 5.41) is 3.12. The van der Waals surface area contributed by atoms with E-state index in [-0.39, 0.29) is 16.8 Å². The Bertz CT molecular complexity index is 1180. The van der Waals surface area contributed by atoms with Gasteiger partial charge in [0.25, 0.3) is 15.9 Å². The van der Waals surface area contributed by atoms with Crippen molar-refractivity contribution >= 4 is 21.6 Å². The standard InChI is InChI=1S/C26H29N3O4S/c1-28(23-10-6-3-7-11-23)34(31,32)24-14-12-22(13-15-24)26(30)27-25(21-8-4-2-5-9-21)20-29-16-18-33-19-17-29/h2-15,25H,16-20H2,1H3,(H,27,30). The predicted octanol–water partition coefficient (Wildman–Crippen LogP) is 3.32. The van der Waals surface area contributed by atoms with Gasteiger partial charge in [0.05, 0.1) is 29.8 Å². The molecule has 1 unspecified atom stereocenters. The number of rotatable bonds is 8. The highest BCUT2D eigenvalue weighted by atomic mass is 32.2. The minimum Gasteiger partial charge on any atom is -0.379 e. The summed E-state index contributed by atoms with van der Waals surface area (Å²) in [5.41, 5.74) is 1.99. The van der Waals surface area contributed by atoms with Crippen molar-refractivity contribution in [2.24, 2.45) is 0 Å². The Labute approximate surface area is 201 Å². The fraction of sp³-hybridized carbons (Fsp3) is 0.269. The van der Waals surface area contributed by atoms with Crippen LogP contribution in [0.1, 0.15) is 22.0 Å². The molecule has 1 heterocycles. The lowest BCUT2D eigenvalue weighted by atomic mass is 10.1. The van der Waals surface area contributed by atoms with Crippen LogP contribution in [-0.2, 0) is 14.8 Å². The Morgan fingerprint density at radius 1 is 0.941 bits per heavy atom. The number of hydrogen-bond donors (Lipinski definition) is 1. The number of carbonyl (C=O) groups is 1. The molecular weight excluding hydrogens is 450 g/mol. The molecule has 34 heavy (non-hydrogen) atoms. The van der Waals surface area contributed by atoms with Crippen LogP contribution in [0.25, 0.3) is 0 Å². The highest BCUT2D eigenvalue weighted by Crippen LogP contribution is 2.22. The number of para-hydroxylation sites is 1. The van der Waals surface area contributed by atoms with Crippen LogP contribution in [0.3, 0.4) is 0 Å². The topological polar surface area (TPSA) is 79.0 Å². The van der Waals surface area contributed by atoms with E-state index in [4.69, 9.17) is 4.74 Å². The first-order valence-corrected chi connectivity index (χ1v) is 12.7. The second-order valence-corrected chi connectivity index (χ2v) is 10.2. The van der Waals surface area contributed by atoms with Crippen molar-refractivity contribution in [1.29, 1.82) is 0 Å². The highest BCUT2D eigenvalue weighted by molar-refractivity contribution is 7.92. The van der Waals surface area contributed by atoms with Crippen LogP contribution in [0, 0.1) is 0 Å². The van der Waals surface area contributed by atoms with Gasteiger partial charge in [-0.3, -0.25) is 14.0 Å². The lowest BCUT2D eigenvalue weighted by Crippen LogP contribution is -2.43. The summed E-state index contributed by atoms with van der Waals surface area (Å²) in [4.78, 5) is 15.5. The number of amides is 1. The van der Waals surface area contributed by atoms with Crippen molar-refractivity contribution in [3.8, 4) is 0 Å². The van der Waals surface area contributed by atoms with Gasteiger partial charge in [-0.15, -0.1) is 0 Å².